The zero-order valence-electron chi connectivity index (χ0n) is 14.1. The van der Waals surface area contributed by atoms with Crippen LogP contribution in [0.25, 0.3) is 9.88 Å². The normalized spacial score (nSPS) is 15.3. The summed E-state index contributed by atoms with van der Waals surface area (Å²) in [5.74, 6) is 0.0939. The second kappa shape index (κ2) is 7.88. The van der Waals surface area contributed by atoms with E-state index < -0.39 is 0 Å². The van der Waals surface area contributed by atoms with E-state index in [1.807, 2.05) is 34.5 Å². The molecule has 0 unspecified atom stereocenters. The first-order valence-electron chi connectivity index (χ1n) is 8.45. The average molecular weight is 404 g/mol. The Morgan fingerprint density at radius 2 is 1.88 bits per heavy atom. The molecule has 0 aliphatic carbocycles. The third kappa shape index (κ3) is 3.99. The maximum Gasteiger partial charge on any atom is 0.265 e. The predicted octanol–water partition coefficient (Wildman–Crippen LogP) is 4.48. The standard InChI is InChI=1S/C19H18ClN3OS2/c20-15-5-3-14(4-6-15)13-22-7-9-23(10-8-22)19(24)17-12-21-18(26-17)16-2-1-11-25-16/h1-6,11-12H,7-10,13H2. The molecule has 0 radical (unpaired) electrons. The van der Waals surface area contributed by atoms with Crippen molar-refractivity contribution in [1.82, 2.24) is 14.8 Å². The molecule has 3 aromatic rings. The molecule has 0 atom stereocenters. The van der Waals surface area contributed by atoms with Crippen LogP contribution in [0.4, 0.5) is 0 Å². The van der Waals surface area contributed by atoms with Gasteiger partial charge in [0.05, 0.1) is 11.1 Å². The lowest BCUT2D eigenvalue weighted by Gasteiger charge is -2.34. The first kappa shape index (κ1) is 17.7. The summed E-state index contributed by atoms with van der Waals surface area (Å²) in [5.41, 5.74) is 1.25. The Morgan fingerprint density at radius 1 is 1.12 bits per heavy atom. The number of amides is 1. The molecule has 3 heterocycles. The maximum atomic E-state index is 12.8. The van der Waals surface area contributed by atoms with E-state index >= 15 is 0 Å². The molecule has 0 saturated carbocycles. The maximum absolute atomic E-state index is 12.8. The summed E-state index contributed by atoms with van der Waals surface area (Å²) in [6.07, 6.45) is 1.71. The smallest absolute Gasteiger partial charge is 0.265 e. The Morgan fingerprint density at radius 3 is 2.58 bits per heavy atom. The summed E-state index contributed by atoms with van der Waals surface area (Å²) < 4.78 is 0. The SMILES string of the molecule is O=C(c1cnc(-c2cccs2)s1)N1CCN(Cc2ccc(Cl)cc2)CC1. The molecule has 0 spiro atoms. The van der Waals surface area contributed by atoms with Gasteiger partial charge < -0.3 is 4.90 Å². The molecule has 0 bridgehead atoms. The van der Waals surface area contributed by atoms with Gasteiger partial charge in [0.15, 0.2) is 0 Å². The van der Waals surface area contributed by atoms with E-state index in [0.717, 1.165) is 52.5 Å². The minimum atomic E-state index is 0.0939. The van der Waals surface area contributed by atoms with Crippen molar-refractivity contribution >= 4 is 40.2 Å². The van der Waals surface area contributed by atoms with Gasteiger partial charge in [-0.3, -0.25) is 9.69 Å². The van der Waals surface area contributed by atoms with Gasteiger partial charge in [-0.2, -0.15) is 0 Å². The van der Waals surface area contributed by atoms with Crippen molar-refractivity contribution in [3.05, 3.63) is 63.4 Å². The molecule has 134 valence electrons. The van der Waals surface area contributed by atoms with Crippen LogP contribution in [0, 0.1) is 0 Å². The summed E-state index contributed by atoms with van der Waals surface area (Å²) in [6, 6.07) is 12.0. The Labute approximate surface area is 165 Å². The van der Waals surface area contributed by atoms with Crippen molar-refractivity contribution < 1.29 is 4.79 Å². The number of hydrogen-bond donors (Lipinski definition) is 0. The summed E-state index contributed by atoms with van der Waals surface area (Å²) in [7, 11) is 0. The number of halogens is 1. The van der Waals surface area contributed by atoms with E-state index in [1.54, 1.807) is 17.5 Å². The first-order valence-corrected chi connectivity index (χ1v) is 10.5. The highest BCUT2D eigenvalue weighted by Crippen LogP contribution is 2.29. The van der Waals surface area contributed by atoms with Crippen molar-refractivity contribution in [1.29, 1.82) is 0 Å². The van der Waals surface area contributed by atoms with Crippen molar-refractivity contribution in [3.8, 4) is 9.88 Å². The molecule has 1 aromatic carbocycles. The molecule has 1 saturated heterocycles. The number of rotatable bonds is 4. The zero-order valence-corrected chi connectivity index (χ0v) is 16.5. The molecule has 1 amide bonds. The molecule has 7 heteroatoms. The van der Waals surface area contributed by atoms with Crippen molar-refractivity contribution in [2.24, 2.45) is 0 Å². The topological polar surface area (TPSA) is 36.4 Å². The molecule has 1 fully saturated rings. The number of carbonyl (C=O) groups excluding carboxylic acids is 1. The van der Waals surface area contributed by atoms with E-state index in [-0.39, 0.29) is 5.91 Å². The van der Waals surface area contributed by atoms with Crippen LogP contribution >= 0.6 is 34.3 Å². The molecule has 26 heavy (non-hydrogen) atoms. The van der Waals surface area contributed by atoms with Gasteiger partial charge in [0, 0.05) is 37.7 Å². The molecule has 1 aliphatic rings. The van der Waals surface area contributed by atoms with Crippen LogP contribution in [0.3, 0.4) is 0 Å². The number of benzene rings is 1. The van der Waals surface area contributed by atoms with Gasteiger partial charge >= 0.3 is 0 Å². The number of aromatic nitrogens is 1. The second-order valence-corrected chi connectivity index (χ2v) is 8.62. The lowest BCUT2D eigenvalue weighted by molar-refractivity contribution is 0.0633. The molecular formula is C19H18ClN3OS2. The van der Waals surface area contributed by atoms with Gasteiger partial charge in [0.2, 0.25) is 0 Å². The van der Waals surface area contributed by atoms with E-state index in [2.05, 4.69) is 22.0 Å². The summed E-state index contributed by atoms with van der Waals surface area (Å²) >= 11 is 9.07. The zero-order chi connectivity index (χ0) is 17.9. The fraction of sp³-hybridized carbons (Fsp3) is 0.263. The highest BCUT2D eigenvalue weighted by Gasteiger charge is 2.24. The van der Waals surface area contributed by atoms with Crippen molar-refractivity contribution in [3.63, 3.8) is 0 Å². The molecule has 4 rings (SSSR count). The third-order valence-electron chi connectivity index (χ3n) is 4.43. The lowest BCUT2D eigenvalue weighted by atomic mass is 10.2. The van der Waals surface area contributed by atoms with Crippen LogP contribution in [0.15, 0.2) is 48.0 Å². The largest absolute Gasteiger partial charge is 0.335 e. The summed E-state index contributed by atoms with van der Waals surface area (Å²) in [4.78, 5) is 23.3. The van der Waals surface area contributed by atoms with Gasteiger partial charge in [-0.1, -0.05) is 29.8 Å². The number of piperazine rings is 1. The van der Waals surface area contributed by atoms with E-state index in [4.69, 9.17) is 11.6 Å². The Balaban J connectivity index is 1.34. The Hall–Kier alpha value is -1.73. The van der Waals surface area contributed by atoms with Crippen molar-refractivity contribution in [2.45, 2.75) is 6.54 Å². The average Bonchev–Trinajstić information content (AvgIpc) is 3.35. The van der Waals surface area contributed by atoms with Crippen molar-refractivity contribution in [2.75, 3.05) is 26.2 Å². The van der Waals surface area contributed by atoms with Crippen LogP contribution in [0.1, 0.15) is 15.2 Å². The monoisotopic (exact) mass is 403 g/mol. The summed E-state index contributed by atoms with van der Waals surface area (Å²) in [6.45, 7) is 4.15. The fourth-order valence-electron chi connectivity index (χ4n) is 3.00. The third-order valence-corrected chi connectivity index (χ3v) is 6.70. The van der Waals surface area contributed by atoms with Gasteiger partial charge in [0.1, 0.15) is 9.88 Å². The number of thiophene rings is 1. The molecule has 0 N–H and O–H groups in total. The molecular weight excluding hydrogens is 386 g/mol. The van der Waals surface area contributed by atoms with Crippen LogP contribution in [-0.4, -0.2) is 46.9 Å². The fourth-order valence-corrected chi connectivity index (χ4v) is 4.81. The summed E-state index contributed by atoms with van der Waals surface area (Å²) in [5, 5.41) is 3.71. The number of thiazole rings is 1. The minimum Gasteiger partial charge on any atom is -0.335 e. The van der Waals surface area contributed by atoms with E-state index in [0.29, 0.717) is 0 Å². The van der Waals surface area contributed by atoms with E-state index in [9.17, 15) is 4.79 Å². The Kier molecular flexibility index (Phi) is 5.36. The van der Waals surface area contributed by atoms with E-state index in [1.165, 1.54) is 16.9 Å². The first-order chi connectivity index (χ1) is 12.7. The van der Waals surface area contributed by atoms with Gasteiger partial charge in [-0.25, -0.2) is 4.98 Å². The van der Waals surface area contributed by atoms with Gasteiger partial charge in [0.25, 0.3) is 5.91 Å². The number of hydrogen-bond acceptors (Lipinski definition) is 5. The number of carbonyl (C=O) groups is 1. The lowest BCUT2D eigenvalue weighted by Crippen LogP contribution is -2.48. The quantitative estimate of drug-likeness (QED) is 0.644. The van der Waals surface area contributed by atoms with Crippen LogP contribution < -0.4 is 0 Å². The van der Waals surface area contributed by atoms with Crippen LogP contribution in [0.2, 0.25) is 5.02 Å². The highest BCUT2D eigenvalue weighted by atomic mass is 35.5. The second-order valence-electron chi connectivity index (χ2n) is 6.20. The molecule has 2 aromatic heterocycles. The van der Waals surface area contributed by atoms with Gasteiger partial charge in [-0.05, 0) is 29.1 Å². The predicted molar refractivity (Wildman–Crippen MR) is 108 cm³/mol. The van der Waals surface area contributed by atoms with Crippen LogP contribution in [0.5, 0.6) is 0 Å². The highest BCUT2D eigenvalue weighted by molar-refractivity contribution is 7.21. The van der Waals surface area contributed by atoms with Crippen LogP contribution in [-0.2, 0) is 6.54 Å². The molecule has 4 nitrogen and oxygen atoms in total. The minimum absolute atomic E-state index is 0.0939. The number of nitrogens with zero attached hydrogens (tertiary/aromatic N) is 3. The Bertz CT molecular complexity index is 869. The van der Waals surface area contributed by atoms with Gasteiger partial charge in [-0.15, -0.1) is 22.7 Å². The molecule has 1 aliphatic heterocycles.